The minimum atomic E-state index is -0.767. The third kappa shape index (κ3) is 5.97. The van der Waals surface area contributed by atoms with Crippen molar-refractivity contribution in [2.75, 3.05) is 6.54 Å². The second-order valence-corrected chi connectivity index (χ2v) is 5.68. The average molecular weight is 295 g/mol. The van der Waals surface area contributed by atoms with Crippen LogP contribution in [-0.2, 0) is 9.59 Å². The molecule has 1 rings (SSSR count). The topological polar surface area (TPSA) is 84.2 Å². The molecule has 2 unspecified atom stereocenters. The third-order valence-electron chi connectivity index (χ3n) is 3.79. The quantitative estimate of drug-likeness (QED) is 0.730. The van der Waals surface area contributed by atoms with E-state index in [-0.39, 0.29) is 18.4 Å². The van der Waals surface area contributed by atoms with Gasteiger partial charge in [0.1, 0.15) is 6.04 Å². The zero-order valence-corrected chi connectivity index (χ0v) is 13.0. The van der Waals surface area contributed by atoms with Gasteiger partial charge in [-0.2, -0.15) is 5.10 Å². The Kier molecular flexibility index (Phi) is 6.91. The van der Waals surface area contributed by atoms with Gasteiger partial charge >= 0.3 is 5.97 Å². The van der Waals surface area contributed by atoms with Crippen LogP contribution in [-0.4, -0.2) is 33.3 Å². The molecule has 1 aromatic heterocycles. The fourth-order valence-corrected chi connectivity index (χ4v) is 2.28. The fourth-order valence-electron chi connectivity index (χ4n) is 2.28. The van der Waals surface area contributed by atoms with E-state index >= 15 is 0 Å². The van der Waals surface area contributed by atoms with Gasteiger partial charge in [-0.1, -0.05) is 13.8 Å². The molecule has 0 fully saturated rings. The molecule has 0 aliphatic rings. The number of carbonyl (C=O) groups is 2. The smallest absolute Gasteiger partial charge is 0.303 e. The van der Waals surface area contributed by atoms with Crippen LogP contribution in [0, 0.1) is 11.8 Å². The van der Waals surface area contributed by atoms with Crippen LogP contribution in [0.3, 0.4) is 0 Å². The molecule has 0 aliphatic heterocycles. The lowest BCUT2D eigenvalue weighted by Crippen LogP contribution is -2.33. The van der Waals surface area contributed by atoms with Crippen molar-refractivity contribution in [3.05, 3.63) is 18.5 Å². The van der Waals surface area contributed by atoms with Crippen molar-refractivity contribution in [1.82, 2.24) is 15.1 Å². The van der Waals surface area contributed by atoms with Gasteiger partial charge in [-0.05, 0) is 37.7 Å². The van der Waals surface area contributed by atoms with Gasteiger partial charge in [0.2, 0.25) is 5.91 Å². The zero-order valence-electron chi connectivity index (χ0n) is 13.0. The molecule has 6 nitrogen and oxygen atoms in total. The van der Waals surface area contributed by atoms with Crippen molar-refractivity contribution in [2.24, 2.45) is 11.8 Å². The molecule has 0 spiro atoms. The standard InChI is InChI=1S/C15H25N3O3/c1-11(2)13(5-6-14(19)20)7-9-16-15(21)12(3)18-10-4-8-17-18/h4,8,10-13H,5-7,9H2,1-3H3,(H,16,21)(H,19,20). The lowest BCUT2D eigenvalue weighted by atomic mass is 9.88. The van der Waals surface area contributed by atoms with E-state index < -0.39 is 5.97 Å². The van der Waals surface area contributed by atoms with E-state index in [4.69, 9.17) is 5.11 Å². The Hall–Kier alpha value is -1.85. The van der Waals surface area contributed by atoms with Crippen LogP contribution in [0.1, 0.15) is 46.1 Å². The van der Waals surface area contributed by atoms with Gasteiger partial charge in [0.25, 0.3) is 0 Å². The Morgan fingerprint density at radius 3 is 2.52 bits per heavy atom. The van der Waals surface area contributed by atoms with Crippen LogP contribution in [0.25, 0.3) is 0 Å². The monoisotopic (exact) mass is 295 g/mol. The van der Waals surface area contributed by atoms with E-state index in [9.17, 15) is 9.59 Å². The Morgan fingerprint density at radius 2 is 2.00 bits per heavy atom. The lowest BCUT2D eigenvalue weighted by Gasteiger charge is -2.21. The van der Waals surface area contributed by atoms with E-state index in [0.717, 1.165) is 6.42 Å². The number of nitrogens with zero attached hydrogens (tertiary/aromatic N) is 2. The lowest BCUT2D eigenvalue weighted by molar-refractivity contribution is -0.137. The Morgan fingerprint density at radius 1 is 1.29 bits per heavy atom. The maximum Gasteiger partial charge on any atom is 0.303 e. The number of aliphatic carboxylic acids is 1. The van der Waals surface area contributed by atoms with E-state index in [1.165, 1.54) is 0 Å². The van der Waals surface area contributed by atoms with Crippen molar-refractivity contribution < 1.29 is 14.7 Å². The number of carbonyl (C=O) groups excluding carboxylic acids is 1. The number of rotatable bonds is 9. The van der Waals surface area contributed by atoms with E-state index in [0.29, 0.717) is 24.8 Å². The highest BCUT2D eigenvalue weighted by atomic mass is 16.4. The molecule has 118 valence electrons. The normalized spacial score (nSPS) is 13.9. The van der Waals surface area contributed by atoms with Crippen LogP contribution < -0.4 is 5.32 Å². The Labute approximate surface area is 125 Å². The summed E-state index contributed by atoms with van der Waals surface area (Å²) in [6.07, 6.45) is 5.03. The van der Waals surface area contributed by atoms with Crippen molar-refractivity contribution in [3.8, 4) is 0 Å². The molecular weight excluding hydrogens is 270 g/mol. The van der Waals surface area contributed by atoms with E-state index in [1.54, 1.807) is 30.1 Å². The van der Waals surface area contributed by atoms with Gasteiger partial charge in [-0.25, -0.2) is 0 Å². The average Bonchev–Trinajstić information content (AvgIpc) is 2.94. The minimum Gasteiger partial charge on any atom is -0.481 e. The number of aromatic nitrogens is 2. The molecule has 0 saturated heterocycles. The number of carboxylic acid groups (broad SMARTS) is 1. The first-order valence-corrected chi connectivity index (χ1v) is 7.40. The highest BCUT2D eigenvalue weighted by molar-refractivity contribution is 5.79. The largest absolute Gasteiger partial charge is 0.481 e. The summed E-state index contributed by atoms with van der Waals surface area (Å²) in [5.41, 5.74) is 0. The fraction of sp³-hybridized carbons (Fsp3) is 0.667. The third-order valence-corrected chi connectivity index (χ3v) is 3.79. The van der Waals surface area contributed by atoms with Crippen LogP contribution in [0.15, 0.2) is 18.5 Å². The number of amides is 1. The maximum absolute atomic E-state index is 12.0. The number of carboxylic acids is 1. The predicted molar refractivity (Wildman–Crippen MR) is 79.8 cm³/mol. The first-order chi connectivity index (χ1) is 9.91. The molecule has 0 bridgehead atoms. The summed E-state index contributed by atoms with van der Waals surface area (Å²) in [4.78, 5) is 22.6. The summed E-state index contributed by atoms with van der Waals surface area (Å²) >= 11 is 0. The van der Waals surface area contributed by atoms with Crippen LogP contribution in [0.2, 0.25) is 0 Å². The highest BCUT2D eigenvalue weighted by Crippen LogP contribution is 2.20. The molecule has 2 atom stereocenters. The van der Waals surface area contributed by atoms with Crippen molar-refractivity contribution in [3.63, 3.8) is 0 Å². The number of hydrogen-bond donors (Lipinski definition) is 2. The Balaban J connectivity index is 2.36. The molecule has 1 aromatic rings. The summed E-state index contributed by atoms with van der Waals surface area (Å²) in [6, 6.07) is 1.45. The predicted octanol–water partition coefficient (Wildman–Crippen LogP) is 2.09. The zero-order chi connectivity index (χ0) is 15.8. The van der Waals surface area contributed by atoms with E-state index in [2.05, 4.69) is 24.3 Å². The van der Waals surface area contributed by atoms with Crippen molar-refractivity contribution >= 4 is 11.9 Å². The maximum atomic E-state index is 12.0. The number of nitrogens with one attached hydrogen (secondary N) is 1. The van der Waals surface area contributed by atoms with Gasteiger partial charge < -0.3 is 10.4 Å². The minimum absolute atomic E-state index is 0.0700. The summed E-state index contributed by atoms with van der Waals surface area (Å²) in [5.74, 6) is -0.123. The summed E-state index contributed by atoms with van der Waals surface area (Å²) in [7, 11) is 0. The highest BCUT2D eigenvalue weighted by Gasteiger charge is 2.17. The molecule has 0 radical (unpaired) electrons. The molecule has 1 heterocycles. The second kappa shape index (κ2) is 8.44. The molecule has 1 amide bonds. The molecule has 6 heteroatoms. The molecule has 0 aromatic carbocycles. The van der Waals surface area contributed by atoms with Gasteiger partial charge in [-0.15, -0.1) is 0 Å². The molecule has 21 heavy (non-hydrogen) atoms. The molecular formula is C15H25N3O3. The summed E-state index contributed by atoms with van der Waals surface area (Å²) in [5, 5.41) is 15.7. The first-order valence-electron chi connectivity index (χ1n) is 7.40. The van der Waals surface area contributed by atoms with Crippen molar-refractivity contribution in [2.45, 2.75) is 46.1 Å². The van der Waals surface area contributed by atoms with Crippen LogP contribution in [0.4, 0.5) is 0 Å². The summed E-state index contributed by atoms with van der Waals surface area (Å²) < 4.78 is 1.61. The van der Waals surface area contributed by atoms with Gasteiger partial charge in [0, 0.05) is 25.4 Å². The SMILES string of the molecule is CC(C)C(CCNC(=O)C(C)n1cccn1)CCC(=O)O. The van der Waals surface area contributed by atoms with E-state index in [1.807, 2.05) is 0 Å². The van der Waals surface area contributed by atoms with Gasteiger partial charge in [0.05, 0.1) is 0 Å². The van der Waals surface area contributed by atoms with Gasteiger partial charge in [0.15, 0.2) is 0 Å². The molecule has 2 N–H and O–H groups in total. The first kappa shape index (κ1) is 17.2. The van der Waals surface area contributed by atoms with Crippen molar-refractivity contribution in [1.29, 1.82) is 0 Å². The number of hydrogen-bond acceptors (Lipinski definition) is 3. The molecule has 0 saturated carbocycles. The van der Waals surface area contributed by atoms with Crippen LogP contribution >= 0.6 is 0 Å². The Bertz CT molecular complexity index is 443. The van der Waals surface area contributed by atoms with Gasteiger partial charge in [-0.3, -0.25) is 14.3 Å². The molecule has 0 aliphatic carbocycles. The summed E-state index contributed by atoms with van der Waals surface area (Å²) in [6.45, 7) is 6.53. The second-order valence-electron chi connectivity index (χ2n) is 5.68. The van der Waals surface area contributed by atoms with Crippen LogP contribution in [0.5, 0.6) is 0 Å².